The average molecular weight is 478 g/mol. The Balaban J connectivity index is 1.09. The minimum absolute atomic E-state index is 0.115. The molecule has 5 rings (SSSR count). The van der Waals surface area contributed by atoms with E-state index in [-0.39, 0.29) is 5.91 Å². The minimum Gasteiger partial charge on any atom is -0.489 e. The third-order valence-corrected chi connectivity index (χ3v) is 6.48. The zero-order valence-electron chi connectivity index (χ0n) is 20.3. The Morgan fingerprint density at radius 2 is 1.33 bits per heavy atom. The molecular formula is C31H31N3O2. The normalized spacial score (nSPS) is 13.8. The van der Waals surface area contributed by atoms with Crippen LogP contribution in [0, 0.1) is 0 Å². The van der Waals surface area contributed by atoms with Gasteiger partial charge in [-0.05, 0) is 59.7 Å². The van der Waals surface area contributed by atoms with Gasteiger partial charge < -0.3 is 15.0 Å². The van der Waals surface area contributed by atoms with E-state index >= 15 is 0 Å². The summed E-state index contributed by atoms with van der Waals surface area (Å²) < 4.78 is 5.82. The smallest absolute Gasteiger partial charge is 0.255 e. The Bertz CT molecular complexity index is 1230. The summed E-state index contributed by atoms with van der Waals surface area (Å²) in [4.78, 5) is 17.6. The van der Waals surface area contributed by atoms with Crippen LogP contribution in [0.4, 0.5) is 11.4 Å². The predicted octanol–water partition coefficient (Wildman–Crippen LogP) is 5.84. The number of nitrogens with zero attached hydrogens (tertiary/aromatic N) is 2. The van der Waals surface area contributed by atoms with Crippen LogP contribution in [0.3, 0.4) is 0 Å². The van der Waals surface area contributed by atoms with Gasteiger partial charge in [0.25, 0.3) is 5.91 Å². The molecule has 0 unspecified atom stereocenters. The van der Waals surface area contributed by atoms with Crippen LogP contribution in [0.1, 0.15) is 21.5 Å². The van der Waals surface area contributed by atoms with Gasteiger partial charge in [-0.3, -0.25) is 9.69 Å². The topological polar surface area (TPSA) is 44.8 Å². The van der Waals surface area contributed by atoms with Gasteiger partial charge in [-0.25, -0.2) is 0 Å². The first-order valence-electron chi connectivity index (χ1n) is 12.4. The van der Waals surface area contributed by atoms with Crippen LogP contribution in [0.5, 0.6) is 5.75 Å². The number of benzene rings is 4. The Hall–Kier alpha value is -4.09. The Kier molecular flexibility index (Phi) is 7.59. The lowest BCUT2D eigenvalue weighted by atomic mass is 10.1. The van der Waals surface area contributed by atoms with Crippen LogP contribution >= 0.6 is 0 Å². The van der Waals surface area contributed by atoms with E-state index in [1.54, 1.807) is 0 Å². The fourth-order valence-electron chi connectivity index (χ4n) is 4.40. The largest absolute Gasteiger partial charge is 0.489 e. The standard InChI is InChI=1S/C31H31N3O2/c35-31(32-28-15-17-30(18-16-28)36-24-26-7-3-1-4-8-26)27-13-11-25(12-14-27)23-33-19-21-34(22-20-33)29-9-5-2-6-10-29/h1-18H,19-24H2,(H,32,35). The lowest BCUT2D eigenvalue weighted by molar-refractivity contribution is 0.102. The summed E-state index contributed by atoms with van der Waals surface area (Å²) in [5, 5.41) is 2.97. The fraction of sp³-hybridized carbons (Fsp3) is 0.194. The van der Waals surface area contributed by atoms with E-state index in [0.29, 0.717) is 12.2 Å². The van der Waals surface area contributed by atoms with Crippen LogP contribution in [-0.4, -0.2) is 37.0 Å². The van der Waals surface area contributed by atoms with Crippen LogP contribution in [0.2, 0.25) is 0 Å². The molecule has 5 nitrogen and oxygen atoms in total. The highest BCUT2D eigenvalue weighted by atomic mass is 16.5. The molecule has 0 aliphatic carbocycles. The molecule has 4 aromatic carbocycles. The number of anilines is 2. The molecule has 1 amide bonds. The lowest BCUT2D eigenvalue weighted by Gasteiger charge is -2.36. The van der Waals surface area contributed by atoms with E-state index in [9.17, 15) is 4.79 Å². The van der Waals surface area contributed by atoms with Gasteiger partial charge in [0, 0.05) is 49.7 Å². The third-order valence-electron chi connectivity index (χ3n) is 6.48. The maximum Gasteiger partial charge on any atom is 0.255 e. The van der Waals surface area contributed by atoms with Crippen LogP contribution in [-0.2, 0) is 13.2 Å². The van der Waals surface area contributed by atoms with Gasteiger partial charge in [-0.15, -0.1) is 0 Å². The molecular weight excluding hydrogens is 446 g/mol. The molecule has 1 aliphatic heterocycles. The number of para-hydroxylation sites is 1. The van der Waals surface area contributed by atoms with Crippen molar-refractivity contribution in [2.24, 2.45) is 0 Å². The highest BCUT2D eigenvalue weighted by Gasteiger charge is 2.17. The molecule has 5 heteroatoms. The van der Waals surface area contributed by atoms with E-state index in [0.717, 1.165) is 49.7 Å². The summed E-state index contributed by atoms with van der Waals surface area (Å²) in [7, 11) is 0. The summed E-state index contributed by atoms with van der Waals surface area (Å²) in [6.45, 7) is 5.53. The summed E-state index contributed by atoms with van der Waals surface area (Å²) in [5.41, 5.74) is 5.03. The molecule has 0 saturated carbocycles. The molecule has 0 atom stereocenters. The second-order valence-electron chi connectivity index (χ2n) is 9.05. The SMILES string of the molecule is O=C(Nc1ccc(OCc2ccccc2)cc1)c1ccc(CN2CCN(c3ccccc3)CC2)cc1. The molecule has 0 spiro atoms. The molecule has 1 N–H and O–H groups in total. The molecule has 1 saturated heterocycles. The lowest BCUT2D eigenvalue weighted by Crippen LogP contribution is -2.45. The van der Waals surface area contributed by atoms with Crippen molar-refractivity contribution in [2.75, 3.05) is 36.4 Å². The first kappa shape index (κ1) is 23.6. The van der Waals surface area contributed by atoms with Crippen molar-refractivity contribution in [3.8, 4) is 5.75 Å². The first-order valence-corrected chi connectivity index (χ1v) is 12.4. The van der Waals surface area contributed by atoms with Gasteiger partial charge in [0.15, 0.2) is 0 Å². The predicted molar refractivity (Wildman–Crippen MR) is 146 cm³/mol. The van der Waals surface area contributed by atoms with Gasteiger partial charge in [0.2, 0.25) is 0 Å². The molecule has 0 aromatic heterocycles. The molecule has 0 bridgehead atoms. The maximum absolute atomic E-state index is 12.7. The van der Waals surface area contributed by atoms with Crippen molar-refractivity contribution in [3.05, 3.63) is 126 Å². The van der Waals surface area contributed by atoms with Crippen molar-refractivity contribution in [1.82, 2.24) is 4.90 Å². The average Bonchev–Trinajstić information content (AvgIpc) is 2.94. The summed E-state index contributed by atoms with van der Waals surface area (Å²) in [6.07, 6.45) is 0. The quantitative estimate of drug-likeness (QED) is 0.346. The molecule has 0 radical (unpaired) electrons. The monoisotopic (exact) mass is 477 g/mol. The van der Waals surface area contributed by atoms with E-state index in [1.165, 1.54) is 11.3 Å². The Morgan fingerprint density at radius 3 is 2.00 bits per heavy atom. The highest BCUT2D eigenvalue weighted by molar-refractivity contribution is 6.04. The van der Waals surface area contributed by atoms with Crippen molar-refractivity contribution in [1.29, 1.82) is 0 Å². The highest BCUT2D eigenvalue weighted by Crippen LogP contribution is 2.19. The van der Waals surface area contributed by atoms with E-state index in [4.69, 9.17) is 4.74 Å². The zero-order valence-corrected chi connectivity index (χ0v) is 20.3. The second-order valence-corrected chi connectivity index (χ2v) is 9.05. The number of hydrogen-bond acceptors (Lipinski definition) is 4. The van der Waals surface area contributed by atoms with E-state index < -0.39 is 0 Å². The van der Waals surface area contributed by atoms with Crippen molar-refractivity contribution >= 4 is 17.3 Å². The van der Waals surface area contributed by atoms with Crippen molar-refractivity contribution in [3.63, 3.8) is 0 Å². The minimum atomic E-state index is -0.115. The van der Waals surface area contributed by atoms with Gasteiger partial charge in [-0.2, -0.15) is 0 Å². The van der Waals surface area contributed by atoms with Crippen molar-refractivity contribution < 1.29 is 9.53 Å². The molecule has 1 aliphatic rings. The number of piperazine rings is 1. The number of carbonyl (C=O) groups excluding carboxylic acids is 1. The summed E-state index contributed by atoms with van der Waals surface area (Å²) >= 11 is 0. The summed E-state index contributed by atoms with van der Waals surface area (Å²) in [5.74, 6) is 0.654. The maximum atomic E-state index is 12.7. The molecule has 1 heterocycles. The number of ether oxygens (including phenoxy) is 1. The first-order chi connectivity index (χ1) is 17.7. The summed E-state index contributed by atoms with van der Waals surface area (Å²) in [6, 6.07) is 36.0. The van der Waals surface area contributed by atoms with Gasteiger partial charge >= 0.3 is 0 Å². The number of nitrogens with one attached hydrogen (secondary N) is 1. The third kappa shape index (κ3) is 6.32. The van der Waals surface area contributed by atoms with Crippen molar-refractivity contribution in [2.45, 2.75) is 13.2 Å². The Morgan fingerprint density at radius 1 is 0.694 bits per heavy atom. The Labute approximate surface area is 212 Å². The van der Waals surface area contributed by atoms with Crippen LogP contribution in [0.25, 0.3) is 0 Å². The van der Waals surface area contributed by atoms with E-state index in [2.05, 4.69) is 57.6 Å². The van der Waals surface area contributed by atoms with Gasteiger partial charge in [-0.1, -0.05) is 60.7 Å². The van der Waals surface area contributed by atoms with Gasteiger partial charge in [0.1, 0.15) is 12.4 Å². The number of hydrogen-bond donors (Lipinski definition) is 1. The molecule has 4 aromatic rings. The van der Waals surface area contributed by atoms with E-state index in [1.807, 2.05) is 66.7 Å². The van der Waals surface area contributed by atoms with Gasteiger partial charge in [0.05, 0.1) is 0 Å². The van der Waals surface area contributed by atoms with Crippen LogP contribution in [0.15, 0.2) is 109 Å². The number of carbonyl (C=O) groups is 1. The molecule has 36 heavy (non-hydrogen) atoms. The number of amides is 1. The number of rotatable bonds is 8. The van der Waals surface area contributed by atoms with Crippen LogP contribution < -0.4 is 15.0 Å². The second kappa shape index (κ2) is 11.6. The zero-order chi connectivity index (χ0) is 24.6. The molecule has 1 fully saturated rings. The fourth-order valence-corrected chi connectivity index (χ4v) is 4.40. The molecule has 182 valence electrons.